The number of aliphatic hydroxyl groups excluding tert-OH is 1. The van der Waals surface area contributed by atoms with Gasteiger partial charge in [0.15, 0.2) is 0 Å². The molecule has 0 aromatic heterocycles. The highest BCUT2D eigenvalue weighted by molar-refractivity contribution is 8.14. The molecule has 96 valence electrons. The zero-order valence-corrected chi connectivity index (χ0v) is 10.5. The van der Waals surface area contributed by atoms with Crippen LogP contribution in [0.3, 0.4) is 0 Å². The third-order valence-corrected chi connectivity index (χ3v) is 4.22. The highest BCUT2D eigenvalue weighted by atomic mass is 32.2. The molecule has 2 aliphatic heterocycles. The summed E-state index contributed by atoms with van der Waals surface area (Å²) < 4.78 is 0. The molecule has 2 saturated heterocycles. The lowest BCUT2D eigenvalue weighted by Gasteiger charge is -2.33. The Kier molecular flexibility index (Phi) is 4.28. The Bertz CT molecular complexity index is 309. The minimum atomic E-state index is -0.347. The van der Waals surface area contributed by atoms with Crippen molar-refractivity contribution in [1.29, 1.82) is 0 Å². The summed E-state index contributed by atoms with van der Waals surface area (Å²) in [4.78, 5) is 25.0. The van der Waals surface area contributed by atoms with Gasteiger partial charge in [-0.05, 0) is 25.2 Å². The van der Waals surface area contributed by atoms with Crippen molar-refractivity contribution < 1.29 is 14.7 Å². The summed E-state index contributed by atoms with van der Waals surface area (Å²) in [5, 5.41) is 11.5. The van der Waals surface area contributed by atoms with E-state index < -0.39 is 0 Å². The van der Waals surface area contributed by atoms with E-state index in [1.165, 1.54) is 11.8 Å². The van der Waals surface area contributed by atoms with E-state index in [2.05, 4.69) is 5.32 Å². The second-order valence-electron chi connectivity index (χ2n) is 4.60. The van der Waals surface area contributed by atoms with Crippen LogP contribution in [-0.2, 0) is 4.79 Å². The van der Waals surface area contributed by atoms with E-state index in [1.807, 2.05) is 4.90 Å². The van der Waals surface area contributed by atoms with Crippen molar-refractivity contribution in [3.63, 3.8) is 0 Å². The van der Waals surface area contributed by atoms with E-state index in [0.717, 1.165) is 32.4 Å². The van der Waals surface area contributed by atoms with E-state index >= 15 is 0 Å². The number of amides is 2. The van der Waals surface area contributed by atoms with Gasteiger partial charge in [-0.1, -0.05) is 11.8 Å². The second-order valence-corrected chi connectivity index (χ2v) is 5.59. The number of thioether (sulfide) groups is 1. The van der Waals surface area contributed by atoms with Crippen LogP contribution in [0.25, 0.3) is 0 Å². The van der Waals surface area contributed by atoms with E-state index in [0.29, 0.717) is 11.7 Å². The van der Waals surface area contributed by atoms with Crippen molar-refractivity contribution in [2.75, 3.05) is 25.4 Å². The van der Waals surface area contributed by atoms with Crippen LogP contribution in [0, 0.1) is 5.92 Å². The molecule has 2 rings (SSSR count). The number of nitrogens with one attached hydrogen (secondary N) is 1. The van der Waals surface area contributed by atoms with Crippen LogP contribution in [0.15, 0.2) is 0 Å². The first kappa shape index (κ1) is 12.7. The lowest BCUT2D eigenvalue weighted by molar-refractivity contribution is -0.134. The van der Waals surface area contributed by atoms with E-state index in [-0.39, 0.29) is 23.8 Å². The van der Waals surface area contributed by atoms with E-state index in [4.69, 9.17) is 5.11 Å². The molecule has 2 N–H and O–H groups in total. The predicted octanol–water partition coefficient (Wildman–Crippen LogP) is 0.432. The molecule has 0 radical (unpaired) electrons. The van der Waals surface area contributed by atoms with Crippen LogP contribution >= 0.6 is 11.8 Å². The first-order valence-corrected chi connectivity index (χ1v) is 7.02. The zero-order valence-electron chi connectivity index (χ0n) is 9.72. The molecule has 0 spiro atoms. The topological polar surface area (TPSA) is 69.6 Å². The van der Waals surface area contributed by atoms with Gasteiger partial charge in [0.1, 0.15) is 6.04 Å². The Morgan fingerprint density at radius 3 is 3.06 bits per heavy atom. The smallest absolute Gasteiger partial charge is 0.279 e. The van der Waals surface area contributed by atoms with Gasteiger partial charge in [-0.25, -0.2) is 0 Å². The van der Waals surface area contributed by atoms with Crippen LogP contribution in [0.4, 0.5) is 4.79 Å². The van der Waals surface area contributed by atoms with E-state index in [9.17, 15) is 9.59 Å². The molecule has 0 saturated carbocycles. The molecule has 5 nitrogen and oxygen atoms in total. The average molecular weight is 258 g/mol. The fourth-order valence-corrected chi connectivity index (χ4v) is 3.19. The summed E-state index contributed by atoms with van der Waals surface area (Å²) in [5.41, 5.74) is 0. The molecule has 0 aromatic rings. The molecular formula is C11H18N2O3S. The summed E-state index contributed by atoms with van der Waals surface area (Å²) in [5.74, 6) is 0.979. The molecule has 2 fully saturated rings. The maximum Gasteiger partial charge on any atom is 0.279 e. The zero-order chi connectivity index (χ0) is 12.3. The van der Waals surface area contributed by atoms with Crippen molar-refractivity contribution >= 4 is 22.9 Å². The first-order valence-electron chi connectivity index (χ1n) is 6.03. The molecule has 6 heteroatoms. The van der Waals surface area contributed by atoms with Gasteiger partial charge in [0, 0.05) is 25.4 Å². The third kappa shape index (κ3) is 3.13. The van der Waals surface area contributed by atoms with Crippen molar-refractivity contribution in [2.45, 2.75) is 25.3 Å². The number of hydrogen-bond acceptors (Lipinski definition) is 4. The van der Waals surface area contributed by atoms with Gasteiger partial charge in [-0.2, -0.15) is 0 Å². The van der Waals surface area contributed by atoms with Crippen LogP contribution in [-0.4, -0.2) is 52.6 Å². The number of likely N-dealkylation sites (tertiary alicyclic amines) is 1. The molecule has 0 bridgehead atoms. The molecule has 2 atom stereocenters. The first-order chi connectivity index (χ1) is 8.20. The van der Waals surface area contributed by atoms with Crippen LogP contribution in [0.2, 0.25) is 0 Å². The quantitative estimate of drug-likeness (QED) is 0.770. The van der Waals surface area contributed by atoms with Gasteiger partial charge >= 0.3 is 0 Å². The Morgan fingerprint density at radius 2 is 2.41 bits per heavy atom. The molecule has 17 heavy (non-hydrogen) atoms. The molecule has 2 aliphatic rings. The van der Waals surface area contributed by atoms with Crippen LogP contribution in [0.5, 0.6) is 0 Å². The van der Waals surface area contributed by atoms with Gasteiger partial charge in [0.25, 0.3) is 5.24 Å². The highest BCUT2D eigenvalue weighted by Crippen LogP contribution is 2.22. The normalized spacial score (nSPS) is 29.2. The molecule has 2 heterocycles. The van der Waals surface area contributed by atoms with E-state index in [1.54, 1.807) is 0 Å². The number of carbonyl (C=O) groups is 2. The van der Waals surface area contributed by atoms with Crippen LogP contribution in [0.1, 0.15) is 19.3 Å². The number of nitrogens with zero attached hydrogens (tertiary/aromatic N) is 1. The minimum absolute atomic E-state index is 0.0333. The standard InChI is InChI=1S/C11H18N2O3S/c14-5-3-8-2-1-4-13(6-8)10(15)9-7-17-11(16)12-9/h8-9,14H,1-7H2,(H,12,16). The summed E-state index contributed by atoms with van der Waals surface area (Å²) >= 11 is 1.17. The summed E-state index contributed by atoms with van der Waals surface area (Å²) in [6.07, 6.45) is 2.83. The van der Waals surface area contributed by atoms with Crippen LogP contribution < -0.4 is 5.32 Å². The fraction of sp³-hybridized carbons (Fsp3) is 0.818. The SMILES string of the molecule is O=C1NC(C(=O)N2CCCC(CCO)C2)CS1. The molecule has 2 amide bonds. The van der Waals surface area contributed by atoms with Gasteiger partial charge in [0.05, 0.1) is 0 Å². The monoisotopic (exact) mass is 258 g/mol. The Morgan fingerprint density at radius 1 is 1.59 bits per heavy atom. The highest BCUT2D eigenvalue weighted by Gasteiger charge is 2.33. The van der Waals surface area contributed by atoms with Crippen molar-refractivity contribution in [1.82, 2.24) is 10.2 Å². The number of carbonyl (C=O) groups excluding carboxylic acids is 2. The van der Waals surface area contributed by atoms with Gasteiger partial charge in [-0.15, -0.1) is 0 Å². The molecular weight excluding hydrogens is 240 g/mol. The lowest BCUT2D eigenvalue weighted by atomic mass is 9.95. The maximum atomic E-state index is 12.1. The molecule has 0 aliphatic carbocycles. The van der Waals surface area contributed by atoms with Crippen molar-refractivity contribution in [3.05, 3.63) is 0 Å². The van der Waals surface area contributed by atoms with Crippen molar-refractivity contribution in [2.24, 2.45) is 5.92 Å². The molecule has 2 unspecified atom stereocenters. The number of aliphatic hydroxyl groups is 1. The Hall–Kier alpha value is -0.750. The van der Waals surface area contributed by atoms with Crippen molar-refractivity contribution in [3.8, 4) is 0 Å². The lowest BCUT2D eigenvalue weighted by Crippen LogP contribution is -2.49. The second kappa shape index (κ2) is 5.73. The average Bonchev–Trinajstić information content (AvgIpc) is 2.76. The third-order valence-electron chi connectivity index (χ3n) is 3.34. The summed E-state index contributed by atoms with van der Waals surface area (Å²) in [6.45, 7) is 1.68. The summed E-state index contributed by atoms with van der Waals surface area (Å²) in [6, 6.07) is -0.347. The predicted molar refractivity (Wildman–Crippen MR) is 65.8 cm³/mol. The maximum absolute atomic E-state index is 12.1. The van der Waals surface area contributed by atoms with Gasteiger partial charge < -0.3 is 15.3 Å². The fourth-order valence-electron chi connectivity index (χ4n) is 2.42. The molecule has 0 aromatic carbocycles. The van der Waals surface area contributed by atoms with Gasteiger partial charge in [-0.3, -0.25) is 9.59 Å². The Balaban J connectivity index is 1.88. The number of hydrogen-bond donors (Lipinski definition) is 2. The Labute approximate surface area is 105 Å². The number of rotatable bonds is 3. The summed E-state index contributed by atoms with van der Waals surface area (Å²) in [7, 11) is 0. The van der Waals surface area contributed by atoms with Gasteiger partial charge in [0.2, 0.25) is 5.91 Å². The largest absolute Gasteiger partial charge is 0.396 e. The minimum Gasteiger partial charge on any atom is -0.396 e. The number of piperidine rings is 1.